The topological polar surface area (TPSA) is 17.1 Å². The Morgan fingerprint density at radius 2 is 1.21 bits per heavy atom. The third-order valence-corrected chi connectivity index (χ3v) is 4.87. The van der Waals surface area contributed by atoms with E-state index in [1.165, 1.54) is 22.3 Å². The molecule has 0 bridgehead atoms. The molecule has 2 aromatic carbocycles. The highest BCUT2D eigenvalue weighted by atomic mass is 16.1. The molecule has 0 radical (unpaired) electrons. The number of aldehydes is 1. The van der Waals surface area contributed by atoms with Gasteiger partial charge in [0.2, 0.25) is 0 Å². The highest BCUT2D eigenvalue weighted by Gasteiger charge is 2.06. The lowest BCUT2D eigenvalue weighted by molar-refractivity contribution is -0.104. The van der Waals surface area contributed by atoms with Gasteiger partial charge in [0, 0.05) is 6.42 Å². The second-order valence-corrected chi connectivity index (χ2v) is 7.12. The molecular weight excluding hydrogens is 352 g/mol. The molecule has 1 nitrogen and oxygen atoms in total. The highest BCUT2D eigenvalue weighted by Crippen LogP contribution is 2.20. The largest absolute Gasteiger partial charge is 0.298 e. The quantitative estimate of drug-likeness (QED) is 0.235. The van der Waals surface area contributed by atoms with Gasteiger partial charge in [-0.2, -0.15) is 0 Å². The SMILES string of the molecule is C=CCc1ccc(C=C(C=O)Cc2ccc(CC=C)c(CC=C)c2)cc1CC=C. The van der Waals surface area contributed by atoms with Crippen molar-refractivity contribution in [3.05, 3.63) is 126 Å². The zero-order chi connectivity index (χ0) is 21.1. The second kappa shape index (κ2) is 11.6. The Kier molecular flexibility index (Phi) is 8.85. The summed E-state index contributed by atoms with van der Waals surface area (Å²) in [5.74, 6) is 0. The Morgan fingerprint density at radius 3 is 1.76 bits per heavy atom. The molecule has 0 saturated heterocycles. The molecule has 0 aliphatic heterocycles. The van der Waals surface area contributed by atoms with Crippen molar-refractivity contribution < 1.29 is 4.79 Å². The number of hydrogen-bond acceptors (Lipinski definition) is 1. The summed E-state index contributed by atoms with van der Waals surface area (Å²) in [4.78, 5) is 11.7. The molecule has 2 aromatic rings. The van der Waals surface area contributed by atoms with E-state index in [-0.39, 0.29) is 0 Å². The van der Waals surface area contributed by atoms with Crippen molar-refractivity contribution in [1.82, 2.24) is 0 Å². The molecule has 148 valence electrons. The van der Waals surface area contributed by atoms with Gasteiger partial charge in [-0.05, 0) is 70.7 Å². The summed E-state index contributed by atoms with van der Waals surface area (Å²) < 4.78 is 0. The summed E-state index contributed by atoms with van der Waals surface area (Å²) in [6, 6.07) is 12.7. The van der Waals surface area contributed by atoms with Crippen LogP contribution in [0.1, 0.15) is 33.4 Å². The predicted molar refractivity (Wildman–Crippen MR) is 126 cm³/mol. The standard InChI is InChI=1S/C28H30O/c1-5-9-25-15-13-22(19-27(25)11-7-3)17-24(21-29)18-23-14-16-26(10-6-2)28(20-23)12-8-4/h5-8,13-17,19-21H,1-4,9-12,18H2. The maximum Gasteiger partial charge on any atom is 0.146 e. The van der Waals surface area contributed by atoms with Gasteiger partial charge in [-0.3, -0.25) is 4.79 Å². The summed E-state index contributed by atoms with van der Waals surface area (Å²) >= 11 is 0. The van der Waals surface area contributed by atoms with Crippen LogP contribution in [-0.4, -0.2) is 6.29 Å². The first-order chi connectivity index (χ1) is 14.1. The monoisotopic (exact) mass is 382 g/mol. The normalized spacial score (nSPS) is 11.0. The molecule has 0 atom stereocenters. The highest BCUT2D eigenvalue weighted by molar-refractivity contribution is 5.82. The van der Waals surface area contributed by atoms with Crippen molar-refractivity contribution in [2.24, 2.45) is 0 Å². The summed E-state index contributed by atoms with van der Waals surface area (Å²) in [5.41, 5.74) is 7.88. The van der Waals surface area contributed by atoms with Gasteiger partial charge < -0.3 is 0 Å². The smallest absolute Gasteiger partial charge is 0.146 e. The maximum atomic E-state index is 11.7. The molecule has 2 rings (SSSR count). The van der Waals surface area contributed by atoms with E-state index in [2.05, 4.69) is 62.7 Å². The predicted octanol–water partition coefficient (Wildman–Crippen LogP) is 6.43. The van der Waals surface area contributed by atoms with Gasteiger partial charge in [-0.15, -0.1) is 26.3 Å². The van der Waals surface area contributed by atoms with Crippen LogP contribution < -0.4 is 0 Å². The van der Waals surface area contributed by atoms with Crippen molar-refractivity contribution in [3.63, 3.8) is 0 Å². The lowest BCUT2D eigenvalue weighted by Gasteiger charge is -2.10. The van der Waals surface area contributed by atoms with Crippen molar-refractivity contribution in [2.45, 2.75) is 32.1 Å². The van der Waals surface area contributed by atoms with Gasteiger partial charge in [0.15, 0.2) is 0 Å². The average Bonchev–Trinajstić information content (AvgIpc) is 2.72. The minimum absolute atomic E-state index is 0.604. The van der Waals surface area contributed by atoms with Gasteiger partial charge in [-0.1, -0.05) is 60.7 Å². The minimum Gasteiger partial charge on any atom is -0.298 e. The number of carbonyl (C=O) groups is 1. The van der Waals surface area contributed by atoms with Crippen LogP contribution in [0.4, 0.5) is 0 Å². The van der Waals surface area contributed by atoms with Crippen LogP contribution >= 0.6 is 0 Å². The van der Waals surface area contributed by atoms with Crippen molar-refractivity contribution >= 4 is 12.4 Å². The van der Waals surface area contributed by atoms with Crippen LogP contribution in [0.5, 0.6) is 0 Å². The molecule has 0 aromatic heterocycles. The fourth-order valence-electron chi connectivity index (χ4n) is 3.50. The third kappa shape index (κ3) is 6.43. The van der Waals surface area contributed by atoms with Crippen LogP contribution in [0.3, 0.4) is 0 Å². The van der Waals surface area contributed by atoms with Crippen LogP contribution in [0.25, 0.3) is 6.08 Å². The first-order valence-corrected chi connectivity index (χ1v) is 9.97. The number of rotatable bonds is 12. The van der Waals surface area contributed by atoms with Gasteiger partial charge >= 0.3 is 0 Å². The van der Waals surface area contributed by atoms with Crippen molar-refractivity contribution in [2.75, 3.05) is 0 Å². The van der Waals surface area contributed by atoms with E-state index < -0.39 is 0 Å². The lowest BCUT2D eigenvalue weighted by atomic mass is 9.94. The molecule has 29 heavy (non-hydrogen) atoms. The first-order valence-electron chi connectivity index (χ1n) is 9.97. The van der Waals surface area contributed by atoms with Crippen LogP contribution in [0.2, 0.25) is 0 Å². The van der Waals surface area contributed by atoms with E-state index in [1.807, 2.05) is 30.4 Å². The molecule has 0 unspecified atom stereocenters. The summed E-state index contributed by atoms with van der Waals surface area (Å²) in [6.07, 6.45) is 14.4. The molecule has 0 aliphatic rings. The van der Waals surface area contributed by atoms with Crippen molar-refractivity contribution in [1.29, 1.82) is 0 Å². The number of benzene rings is 2. The van der Waals surface area contributed by atoms with Gasteiger partial charge in [0.1, 0.15) is 6.29 Å². The minimum atomic E-state index is 0.604. The third-order valence-electron chi connectivity index (χ3n) is 4.87. The fraction of sp³-hybridized carbons (Fsp3) is 0.179. The molecule has 0 amide bonds. The second-order valence-electron chi connectivity index (χ2n) is 7.12. The molecule has 1 heteroatoms. The Bertz CT molecular complexity index is 927. The van der Waals surface area contributed by atoms with Crippen LogP contribution in [0, 0.1) is 0 Å². The number of allylic oxidation sites excluding steroid dienone is 5. The summed E-state index contributed by atoms with van der Waals surface area (Å²) in [7, 11) is 0. The molecular formula is C28H30O. The summed E-state index contributed by atoms with van der Waals surface area (Å²) in [6.45, 7) is 15.4. The van der Waals surface area contributed by atoms with E-state index in [0.29, 0.717) is 6.42 Å². The Morgan fingerprint density at radius 1 is 0.690 bits per heavy atom. The zero-order valence-electron chi connectivity index (χ0n) is 17.2. The average molecular weight is 383 g/mol. The zero-order valence-corrected chi connectivity index (χ0v) is 17.2. The van der Waals surface area contributed by atoms with Gasteiger partial charge in [0.05, 0.1) is 0 Å². The van der Waals surface area contributed by atoms with E-state index in [1.54, 1.807) is 0 Å². The fourth-order valence-corrected chi connectivity index (χ4v) is 3.50. The van der Waals surface area contributed by atoms with E-state index in [0.717, 1.165) is 48.7 Å². The van der Waals surface area contributed by atoms with Crippen molar-refractivity contribution in [3.8, 4) is 0 Å². The molecule has 0 N–H and O–H groups in total. The molecule has 0 heterocycles. The Labute approximate surface area is 175 Å². The summed E-state index contributed by atoms with van der Waals surface area (Å²) in [5, 5.41) is 0. The van der Waals surface area contributed by atoms with Crippen LogP contribution in [0.15, 0.2) is 92.6 Å². The van der Waals surface area contributed by atoms with E-state index in [4.69, 9.17) is 0 Å². The van der Waals surface area contributed by atoms with Gasteiger partial charge in [-0.25, -0.2) is 0 Å². The maximum absolute atomic E-state index is 11.7. The lowest BCUT2D eigenvalue weighted by Crippen LogP contribution is -1.98. The molecule has 0 spiro atoms. The van der Waals surface area contributed by atoms with Crippen LogP contribution in [-0.2, 0) is 36.9 Å². The molecule has 0 fully saturated rings. The van der Waals surface area contributed by atoms with E-state index in [9.17, 15) is 4.79 Å². The Hall–Kier alpha value is -3.19. The Balaban J connectivity index is 2.31. The molecule has 0 saturated carbocycles. The molecule has 0 aliphatic carbocycles. The first kappa shape index (κ1) is 22.1. The van der Waals surface area contributed by atoms with E-state index >= 15 is 0 Å². The number of hydrogen-bond donors (Lipinski definition) is 0. The number of carbonyl (C=O) groups excluding carboxylic acids is 1. The van der Waals surface area contributed by atoms with Gasteiger partial charge in [0.25, 0.3) is 0 Å².